The van der Waals surface area contributed by atoms with Crippen LogP contribution in [0.1, 0.15) is 20.8 Å². The zero-order valence-electron chi connectivity index (χ0n) is 10.8. The van der Waals surface area contributed by atoms with Crippen LogP contribution in [0.3, 0.4) is 0 Å². The Hall–Kier alpha value is -1.33. The van der Waals surface area contributed by atoms with Crippen LogP contribution in [0.4, 0.5) is 5.69 Å². The maximum atomic E-state index is 12.1. The fourth-order valence-electron chi connectivity index (χ4n) is 1.78. The van der Waals surface area contributed by atoms with Crippen molar-refractivity contribution in [2.45, 2.75) is 13.5 Å². The molecule has 0 unspecified atom stereocenters. The first-order valence-electron chi connectivity index (χ1n) is 5.91. The van der Waals surface area contributed by atoms with Crippen molar-refractivity contribution < 1.29 is 4.79 Å². The summed E-state index contributed by atoms with van der Waals surface area (Å²) in [5.41, 5.74) is 2.70. The van der Waals surface area contributed by atoms with Gasteiger partial charge in [-0.2, -0.15) is 0 Å². The number of carbonyl (C=O) groups is 1. The van der Waals surface area contributed by atoms with Crippen LogP contribution in [0, 0.1) is 6.92 Å². The van der Waals surface area contributed by atoms with Crippen molar-refractivity contribution in [3.63, 3.8) is 0 Å². The Kier molecular flexibility index (Phi) is 4.61. The van der Waals surface area contributed by atoms with E-state index in [1.165, 1.54) is 0 Å². The normalized spacial score (nSPS) is 10.3. The molecule has 100 valence electrons. The highest BCUT2D eigenvalue weighted by atomic mass is 79.9. The molecule has 0 radical (unpaired) electrons. The lowest BCUT2D eigenvalue weighted by Gasteiger charge is -2.08. The highest BCUT2D eigenvalue weighted by Gasteiger charge is 2.09. The fourth-order valence-corrected chi connectivity index (χ4v) is 3.21. The molecule has 0 spiro atoms. The van der Waals surface area contributed by atoms with E-state index in [2.05, 4.69) is 26.6 Å². The summed E-state index contributed by atoms with van der Waals surface area (Å²) in [6.07, 6.45) is 0. The second kappa shape index (κ2) is 6.21. The Morgan fingerprint density at radius 1 is 1.32 bits per heavy atom. The number of halogens is 1. The predicted octanol–water partition coefficient (Wildman–Crippen LogP) is 3.79. The standard InChI is InChI=1S/C14H15BrN2OS/c1-9-7-10(16-2)3-5-12(9)14(18)17-8-11-4-6-13(15)19-11/h3-7,16H,8H2,1-2H3,(H,17,18). The second-order valence-corrected chi connectivity index (χ2v) is 6.72. The Bertz CT molecular complexity index is 595. The number of amides is 1. The van der Waals surface area contributed by atoms with Gasteiger partial charge in [-0.15, -0.1) is 11.3 Å². The topological polar surface area (TPSA) is 41.1 Å². The molecule has 0 bridgehead atoms. The molecule has 3 nitrogen and oxygen atoms in total. The maximum absolute atomic E-state index is 12.1. The Balaban J connectivity index is 2.03. The highest BCUT2D eigenvalue weighted by molar-refractivity contribution is 9.11. The van der Waals surface area contributed by atoms with E-state index in [9.17, 15) is 4.79 Å². The molecule has 19 heavy (non-hydrogen) atoms. The van der Waals surface area contributed by atoms with E-state index >= 15 is 0 Å². The molecule has 1 amide bonds. The fraction of sp³-hybridized carbons (Fsp3) is 0.214. The van der Waals surface area contributed by atoms with Crippen molar-refractivity contribution in [1.82, 2.24) is 5.32 Å². The van der Waals surface area contributed by atoms with Gasteiger partial charge >= 0.3 is 0 Å². The van der Waals surface area contributed by atoms with Crippen LogP contribution in [0.25, 0.3) is 0 Å². The number of hydrogen-bond donors (Lipinski definition) is 2. The highest BCUT2D eigenvalue weighted by Crippen LogP contribution is 2.22. The molecular formula is C14H15BrN2OS. The minimum Gasteiger partial charge on any atom is -0.388 e. The molecular weight excluding hydrogens is 324 g/mol. The van der Waals surface area contributed by atoms with Gasteiger partial charge in [-0.3, -0.25) is 4.79 Å². The van der Waals surface area contributed by atoms with E-state index in [1.807, 2.05) is 44.3 Å². The number of anilines is 1. The van der Waals surface area contributed by atoms with E-state index < -0.39 is 0 Å². The van der Waals surface area contributed by atoms with E-state index in [4.69, 9.17) is 0 Å². The first kappa shape index (κ1) is 14.1. The predicted molar refractivity (Wildman–Crippen MR) is 83.9 cm³/mol. The molecule has 0 fully saturated rings. The van der Waals surface area contributed by atoms with Gasteiger partial charge in [0.15, 0.2) is 0 Å². The van der Waals surface area contributed by atoms with Gasteiger partial charge in [0.05, 0.1) is 10.3 Å². The van der Waals surface area contributed by atoms with Crippen molar-refractivity contribution in [2.75, 3.05) is 12.4 Å². The summed E-state index contributed by atoms with van der Waals surface area (Å²) in [5, 5.41) is 6.00. The van der Waals surface area contributed by atoms with Gasteiger partial charge in [0, 0.05) is 23.2 Å². The van der Waals surface area contributed by atoms with Gasteiger partial charge < -0.3 is 10.6 Å². The third-order valence-electron chi connectivity index (χ3n) is 2.81. The summed E-state index contributed by atoms with van der Waals surface area (Å²) < 4.78 is 1.08. The van der Waals surface area contributed by atoms with Gasteiger partial charge in [-0.05, 0) is 58.7 Å². The first-order chi connectivity index (χ1) is 9.10. The number of thiophene rings is 1. The largest absolute Gasteiger partial charge is 0.388 e. The molecule has 0 atom stereocenters. The van der Waals surface area contributed by atoms with E-state index in [-0.39, 0.29) is 5.91 Å². The van der Waals surface area contributed by atoms with Crippen LogP contribution in [0.2, 0.25) is 0 Å². The summed E-state index contributed by atoms with van der Waals surface area (Å²) in [6, 6.07) is 9.71. The number of nitrogens with one attached hydrogen (secondary N) is 2. The lowest BCUT2D eigenvalue weighted by atomic mass is 10.1. The minimum absolute atomic E-state index is 0.0373. The second-order valence-electron chi connectivity index (χ2n) is 4.17. The van der Waals surface area contributed by atoms with Gasteiger partial charge in [0.2, 0.25) is 0 Å². The number of hydrogen-bond acceptors (Lipinski definition) is 3. The monoisotopic (exact) mass is 338 g/mol. The van der Waals surface area contributed by atoms with Crippen molar-refractivity contribution >= 4 is 38.9 Å². The van der Waals surface area contributed by atoms with Gasteiger partial charge in [0.25, 0.3) is 5.91 Å². The van der Waals surface area contributed by atoms with Crippen molar-refractivity contribution in [2.24, 2.45) is 0 Å². The molecule has 1 heterocycles. The van der Waals surface area contributed by atoms with E-state index in [1.54, 1.807) is 11.3 Å². The van der Waals surface area contributed by atoms with Crippen molar-refractivity contribution in [3.8, 4) is 0 Å². The summed E-state index contributed by atoms with van der Waals surface area (Å²) in [6.45, 7) is 2.50. The van der Waals surface area contributed by atoms with Gasteiger partial charge in [0.1, 0.15) is 0 Å². The number of aryl methyl sites for hydroxylation is 1. The van der Waals surface area contributed by atoms with Crippen LogP contribution >= 0.6 is 27.3 Å². The third-order valence-corrected chi connectivity index (χ3v) is 4.44. The van der Waals surface area contributed by atoms with Crippen LogP contribution in [-0.4, -0.2) is 13.0 Å². The van der Waals surface area contributed by atoms with Crippen LogP contribution < -0.4 is 10.6 Å². The van der Waals surface area contributed by atoms with Crippen LogP contribution in [0.5, 0.6) is 0 Å². The first-order valence-corrected chi connectivity index (χ1v) is 7.52. The van der Waals surface area contributed by atoms with Crippen molar-refractivity contribution in [3.05, 3.63) is 50.1 Å². The third kappa shape index (κ3) is 3.58. The zero-order chi connectivity index (χ0) is 13.8. The molecule has 1 aromatic heterocycles. The maximum Gasteiger partial charge on any atom is 0.251 e. The summed E-state index contributed by atoms with van der Waals surface area (Å²) in [7, 11) is 1.86. The quantitative estimate of drug-likeness (QED) is 0.890. The number of carbonyl (C=O) groups excluding carboxylic acids is 1. The molecule has 2 aromatic rings. The molecule has 0 saturated heterocycles. The molecule has 0 aliphatic carbocycles. The molecule has 1 aromatic carbocycles. The Morgan fingerprint density at radius 2 is 2.11 bits per heavy atom. The molecule has 2 rings (SSSR count). The SMILES string of the molecule is CNc1ccc(C(=O)NCc2ccc(Br)s2)c(C)c1. The molecule has 5 heteroatoms. The average Bonchev–Trinajstić information content (AvgIpc) is 2.81. The number of benzene rings is 1. The van der Waals surface area contributed by atoms with Crippen LogP contribution in [0.15, 0.2) is 34.1 Å². The van der Waals surface area contributed by atoms with Gasteiger partial charge in [-0.1, -0.05) is 0 Å². The summed E-state index contributed by atoms with van der Waals surface area (Å²) >= 11 is 5.04. The van der Waals surface area contributed by atoms with Gasteiger partial charge in [-0.25, -0.2) is 0 Å². The Labute approximate surface area is 125 Å². The number of rotatable bonds is 4. The molecule has 0 saturated carbocycles. The molecule has 2 N–H and O–H groups in total. The Morgan fingerprint density at radius 3 is 2.68 bits per heavy atom. The summed E-state index contributed by atoms with van der Waals surface area (Å²) in [4.78, 5) is 13.2. The zero-order valence-corrected chi connectivity index (χ0v) is 13.2. The molecule has 0 aliphatic heterocycles. The molecule has 0 aliphatic rings. The van der Waals surface area contributed by atoms with E-state index in [0.29, 0.717) is 6.54 Å². The van der Waals surface area contributed by atoms with E-state index in [0.717, 1.165) is 25.5 Å². The lowest BCUT2D eigenvalue weighted by molar-refractivity contribution is 0.0950. The minimum atomic E-state index is -0.0373. The smallest absolute Gasteiger partial charge is 0.251 e. The lowest BCUT2D eigenvalue weighted by Crippen LogP contribution is -2.23. The summed E-state index contributed by atoms with van der Waals surface area (Å²) in [5.74, 6) is -0.0373. The van der Waals surface area contributed by atoms with Crippen molar-refractivity contribution in [1.29, 1.82) is 0 Å². The van der Waals surface area contributed by atoms with Crippen LogP contribution in [-0.2, 0) is 6.54 Å². The average molecular weight is 339 g/mol.